The van der Waals surface area contributed by atoms with Gasteiger partial charge in [-0.25, -0.2) is 0 Å². The highest BCUT2D eigenvalue weighted by atomic mass is 16.6. The fourth-order valence-electron chi connectivity index (χ4n) is 2.03. The van der Waals surface area contributed by atoms with Gasteiger partial charge in [0.25, 0.3) is 0 Å². The number of ether oxygens (including phenoxy) is 1. The van der Waals surface area contributed by atoms with Crippen LogP contribution in [0.4, 0.5) is 0 Å². The minimum atomic E-state index is -0.605. The summed E-state index contributed by atoms with van der Waals surface area (Å²) >= 11 is 0. The third-order valence-corrected chi connectivity index (χ3v) is 2.76. The number of carbonyl (C=O) groups excluding carboxylic acids is 1. The van der Waals surface area contributed by atoms with Crippen LogP contribution in [-0.4, -0.2) is 11.6 Å². The fraction of sp³-hybridized carbons (Fsp3) is 0.750. The van der Waals surface area contributed by atoms with Crippen molar-refractivity contribution in [2.75, 3.05) is 0 Å². The van der Waals surface area contributed by atoms with E-state index >= 15 is 0 Å². The van der Waals surface area contributed by atoms with Crippen LogP contribution in [0.25, 0.3) is 0 Å². The lowest BCUT2D eigenvalue weighted by molar-refractivity contribution is -0.153. The minimum absolute atomic E-state index is 0.261. The molecule has 0 radical (unpaired) electrons. The highest BCUT2D eigenvalue weighted by molar-refractivity contribution is 5.67. The summed E-state index contributed by atoms with van der Waals surface area (Å²) in [5.41, 5.74) is -0.605. The van der Waals surface area contributed by atoms with E-state index in [-0.39, 0.29) is 5.97 Å². The van der Waals surface area contributed by atoms with Crippen LogP contribution in [0.1, 0.15) is 51.9 Å². The number of hydrogen-bond acceptors (Lipinski definition) is 2. The van der Waals surface area contributed by atoms with Gasteiger partial charge in [0.05, 0.1) is 0 Å². The number of esters is 1. The van der Waals surface area contributed by atoms with Crippen LogP contribution in [0.15, 0.2) is 0 Å². The molecule has 0 N–H and O–H groups in total. The molecule has 1 rings (SSSR count). The van der Waals surface area contributed by atoms with Crippen molar-refractivity contribution in [1.29, 1.82) is 0 Å². The Balaban J connectivity index is 2.63. The van der Waals surface area contributed by atoms with Gasteiger partial charge in [-0.15, -0.1) is 6.42 Å². The second-order valence-corrected chi connectivity index (χ2v) is 4.00. The third kappa shape index (κ3) is 3.06. The quantitative estimate of drug-likeness (QED) is 0.474. The van der Waals surface area contributed by atoms with Crippen LogP contribution < -0.4 is 0 Å². The first-order valence-corrected chi connectivity index (χ1v) is 5.36. The molecule has 2 nitrogen and oxygen atoms in total. The van der Waals surface area contributed by atoms with Crippen molar-refractivity contribution < 1.29 is 9.53 Å². The van der Waals surface area contributed by atoms with E-state index in [0.717, 1.165) is 25.7 Å². The van der Waals surface area contributed by atoms with Crippen LogP contribution in [0.5, 0.6) is 0 Å². The summed E-state index contributed by atoms with van der Waals surface area (Å²) in [5.74, 6) is 2.41. The Bertz CT molecular complexity index is 229. The first-order chi connectivity index (χ1) is 6.68. The Labute approximate surface area is 86.0 Å². The first-order valence-electron chi connectivity index (χ1n) is 5.36. The van der Waals surface area contributed by atoms with E-state index in [1.807, 2.05) is 0 Å². The standard InChI is InChI=1S/C12H18O2/c1-3-12(14-11(2)13)9-7-5-4-6-8-10-12/h1H,4-10H2,2H3. The molecule has 2 heteroatoms. The maximum absolute atomic E-state index is 11.0. The van der Waals surface area contributed by atoms with E-state index in [0.29, 0.717) is 0 Å². The zero-order chi connectivity index (χ0) is 10.4. The monoisotopic (exact) mass is 194 g/mol. The van der Waals surface area contributed by atoms with Crippen LogP contribution >= 0.6 is 0 Å². The molecule has 1 saturated carbocycles. The van der Waals surface area contributed by atoms with Crippen LogP contribution in [0.2, 0.25) is 0 Å². The largest absolute Gasteiger partial charge is 0.446 e. The van der Waals surface area contributed by atoms with Gasteiger partial charge in [-0.1, -0.05) is 25.2 Å². The van der Waals surface area contributed by atoms with Crippen molar-refractivity contribution in [3.63, 3.8) is 0 Å². The summed E-state index contributed by atoms with van der Waals surface area (Å²) in [6.07, 6.45) is 12.9. The molecule has 0 aromatic heterocycles. The van der Waals surface area contributed by atoms with Crippen LogP contribution in [0, 0.1) is 12.3 Å². The van der Waals surface area contributed by atoms with Gasteiger partial charge in [0.1, 0.15) is 0 Å². The van der Waals surface area contributed by atoms with Gasteiger partial charge in [-0.2, -0.15) is 0 Å². The van der Waals surface area contributed by atoms with E-state index in [4.69, 9.17) is 11.2 Å². The number of carbonyl (C=O) groups is 1. The molecule has 0 unspecified atom stereocenters. The maximum atomic E-state index is 11.0. The average Bonchev–Trinajstić information content (AvgIpc) is 2.09. The molecule has 78 valence electrons. The SMILES string of the molecule is C#CC1(OC(C)=O)CCCCCCC1. The zero-order valence-corrected chi connectivity index (χ0v) is 8.84. The Morgan fingerprint density at radius 1 is 1.21 bits per heavy atom. The Hall–Kier alpha value is -0.970. The average molecular weight is 194 g/mol. The summed E-state index contributed by atoms with van der Waals surface area (Å²) in [7, 11) is 0. The normalized spacial score (nSPS) is 21.4. The lowest BCUT2D eigenvalue weighted by Gasteiger charge is -2.29. The lowest BCUT2D eigenvalue weighted by atomic mass is 9.87. The Morgan fingerprint density at radius 2 is 1.71 bits per heavy atom. The van der Waals surface area contributed by atoms with Crippen molar-refractivity contribution in [3.05, 3.63) is 0 Å². The van der Waals surface area contributed by atoms with Crippen molar-refractivity contribution in [1.82, 2.24) is 0 Å². The summed E-state index contributed by atoms with van der Waals surface area (Å²) in [6.45, 7) is 1.43. The molecule has 0 bridgehead atoms. The second kappa shape index (κ2) is 5.05. The van der Waals surface area contributed by atoms with Crippen molar-refractivity contribution in [2.45, 2.75) is 57.5 Å². The number of rotatable bonds is 1. The maximum Gasteiger partial charge on any atom is 0.304 e. The second-order valence-electron chi connectivity index (χ2n) is 4.00. The van der Waals surface area contributed by atoms with Gasteiger partial charge in [0.2, 0.25) is 0 Å². The van der Waals surface area contributed by atoms with Gasteiger partial charge in [-0.05, 0) is 25.7 Å². The molecule has 0 aromatic rings. The summed E-state index contributed by atoms with van der Waals surface area (Å²) < 4.78 is 5.29. The predicted octanol–water partition coefficient (Wildman–Crippen LogP) is 2.67. The highest BCUT2D eigenvalue weighted by Crippen LogP contribution is 2.29. The molecule has 0 heterocycles. The first kappa shape index (κ1) is 11.1. The van der Waals surface area contributed by atoms with Gasteiger partial charge in [0.15, 0.2) is 5.60 Å². The topological polar surface area (TPSA) is 26.3 Å². The summed E-state index contributed by atoms with van der Waals surface area (Å²) in [6, 6.07) is 0. The summed E-state index contributed by atoms with van der Waals surface area (Å²) in [5, 5.41) is 0. The van der Waals surface area contributed by atoms with Crippen LogP contribution in [-0.2, 0) is 9.53 Å². The van der Waals surface area contributed by atoms with E-state index in [1.165, 1.54) is 26.2 Å². The molecule has 0 aliphatic heterocycles. The van der Waals surface area contributed by atoms with Crippen LogP contribution in [0.3, 0.4) is 0 Å². The van der Waals surface area contributed by atoms with E-state index < -0.39 is 5.60 Å². The molecular formula is C12H18O2. The Morgan fingerprint density at radius 3 is 2.14 bits per heavy atom. The highest BCUT2D eigenvalue weighted by Gasteiger charge is 2.30. The molecule has 0 aromatic carbocycles. The molecule has 0 atom stereocenters. The van der Waals surface area contributed by atoms with Crippen molar-refractivity contribution in [2.24, 2.45) is 0 Å². The molecular weight excluding hydrogens is 176 g/mol. The zero-order valence-electron chi connectivity index (χ0n) is 8.84. The molecule has 14 heavy (non-hydrogen) atoms. The van der Waals surface area contributed by atoms with Gasteiger partial charge < -0.3 is 4.74 Å². The van der Waals surface area contributed by atoms with Gasteiger partial charge >= 0.3 is 5.97 Å². The van der Waals surface area contributed by atoms with Crippen molar-refractivity contribution >= 4 is 5.97 Å². The number of hydrogen-bond donors (Lipinski definition) is 0. The number of terminal acetylenes is 1. The smallest absolute Gasteiger partial charge is 0.304 e. The summed E-state index contributed by atoms with van der Waals surface area (Å²) in [4.78, 5) is 11.0. The fourth-order valence-corrected chi connectivity index (χ4v) is 2.03. The molecule has 0 amide bonds. The van der Waals surface area contributed by atoms with E-state index in [1.54, 1.807) is 0 Å². The molecule has 1 aliphatic rings. The van der Waals surface area contributed by atoms with Crippen molar-refractivity contribution in [3.8, 4) is 12.3 Å². The van der Waals surface area contributed by atoms with Gasteiger partial charge in [0, 0.05) is 6.92 Å². The Kier molecular flexibility index (Phi) is 4.00. The predicted molar refractivity (Wildman–Crippen MR) is 55.6 cm³/mol. The lowest BCUT2D eigenvalue weighted by Crippen LogP contribution is -2.33. The molecule has 1 fully saturated rings. The van der Waals surface area contributed by atoms with E-state index in [2.05, 4.69) is 5.92 Å². The minimum Gasteiger partial charge on any atom is -0.446 e. The molecule has 0 saturated heterocycles. The molecule has 1 aliphatic carbocycles. The van der Waals surface area contributed by atoms with E-state index in [9.17, 15) is 4.79 Å². The van der Waals surface area contributed by atoms with Gasteiger partial charge in [-0.3, -0.25) is 4.79 Å². The molecule has 0 spiro atoms. The third-order valence-electron chi connectivity index (χ3n) is 2.76.